The molecule has 0 saturated carbocycles. The Balaban J connectivity index is 2.71. The van der Waals surface area contributed by atoms with Gasteiger partial charge in [-0.25, -0.2) is 4.79 Å². The van der Waals surface area contributed by atoms with Crippen LogP contribution in [0.5, 0.6) is 5.75 Å². The van der Waals surface area contributed by atoms with Gasteiger partial charge in [-0.3, -0.25) is 9.59 Å². The molecular formula is C18H27N3O5S2. The average Bonchev–Trinajstić information content (AvgIpc) is 2.71. The summed E-state index contributed by atoms with van der Waals surface area (Å²) >= 11 is 5.46. The Kier molecular flexibility index (Phi) is 10.8. The molecule has 0 aromatic heterocycles. The number of nitrogens with two attached hydrogens (primary N) is 1. The number of hydrogen-bond acceptors (Lipinski definition) is 8. The van der Waals surface area contributed by atoms with Crippen LogP contribution in [0.2, 0.25) is 0 Å². The molecule has 0 saturated heterocycles. The van der Waals surface area contributed by atoms with Crippen molar-refractivity contribution in [1.82, 2.24) is 10.6 Å². The molecular weight excluding hydrogens is 402 g/mol. The molecule has 0 spiro atoms. The zero-order chi connectivity index (χ0) is 21.1. The van der Waals surface area contributed by atoms with E-state index in [2.05, 4.69) is 28.0 Å². The highest BCUT2D eigenvalue weighted by atomic mass is 32.2. The maximum Gasteiger partial charge on any atom is 0.328 e. The number of hydrogen-bond donors (Lipinski definition) is 4. The van der Waals surface area contributed by atoms with Crippen LogP contribution in [-0.2, 0) is 24.9 Å². The van der Waals surface area contributed by atoms with Crippen LogP contribution in [0.3, 0.4) is 0 Å². The van der Waals surface area contributed by atoms with Crippen molar-refractivity contribution in [2.45, 2.75) is 30.8 Å². The Morgan fingerprint density at radius 1 is 1.14 bits per heavy atom. The standard InChI is InChI=1S/C18H27N3O5S2/c1-11(18(24)26-3)20-17(23)15(21-16(22)14(19)8-27)10-28-9-12-4-6-13(25-2)7-5-12/h4-7,11,14-15,27H,8-10,19H2,1-3H3,(H,20,23)(H,21,22)/t11-,14-,15-/m0/s1. The fraction of sp³-hybridized carbons (Fsp3) is 0.500. The second-order valence-corrected chi connectivity index (χ2v) is 7.36. The minimum Gasteiger partial charge on any atom is -0.497 e. The third-order valence-corrected chi connectivity index (χ3v) is 5.29. The van der Waals surface area contributed by atoms with Gasteiger partial charge in [-0.05, 0) is 24.6 Å². The highest BCUT2D eigenvalue weighted by molar-refractivity contribution is 7.98. The van der Waals surface area contributed by atoms with Crippen molar-refractivity contribution in [2.75, 3.05) is 25.7 Å². The summed E-state index contributed by atoms with van der Waals surface area (Å²) in [5, 5.41) is 5.16. The second kappa shape index (κ2) is 12.5. The fourth-order valence-corrected chi connectivity index (χ4v) is 3.29. The van der Waals surface area contributed by atoms with Crippen molar-refractivity contribution in [3.05, 3.63) is 29.8 Å². The van der Waals surface area contributed by atoms with Crippen LogP contribution in [0.25, 0.3) is 0 Å². The summed E-state index contributed by atoms with van der Waals surface area (Å²) in [7, 11) is 2.83. The Hall–Kier alpha value is -1.91. The van der Waals surface area contributed by atoms with Gasteiger partial charge in [0.25, 0.3) is 0 Å². The number of carbonyl (C=O) groups is 3. The molecule has 28 heavy (non-hydrogen) atoms. The van der Waals surface area contributed by atoms with E-state index in [0.717, 1.165) is 11.3 Å². The quantitative estimate of drug-likeness (QED) is 0.296. The van der Waals surface area contributed by atoms with E-state index in [-0.39, 0.29) is 5.75 Å². The highest BCUT2D eigenvalue weighted by Crippen LogP contribution is 2.17. The number of amides is 2. The molecule has 0 radical (unpaired) electrons. The van der Waals surface area contributed by atoms with Crippen molar-refractivity contribution < 1.29 is 23.9 Å². The van der Waals surface area contributed by atoms with Gasteiger partial charge in [0.05, 0.1) is 20.3 Å². The van der Waals surface area contributed by atoms with Crippen LogP contribution in [0.4, 0.5) is 0 Å². The van der Waals surface area contributed by atoms with E-state index in [1.807, 2.05) is 24.3 Å². The number of ether oxygens (including phenoxy) is 2. The van der Waals surface area contributed by atoms with E-state index in [0.29, 0.717) is 11.5 Å². The van der Waals surface area contributed by atoms with E-state index >= 15 is 0 Å². The van der Waals surface area contributed by atoms with Crippen molar-refractivity contribution in [3.63, 3.8) is 0 Å². The van der Waals surface area contributed by atoms with Crippen LogP contribution in [0, 0.1) is 0 Å². The number of methoxy groups -OCH3 is 2. The van der Waals surface area contributed by atoms with E-state index in [1.165, 1.54) is 25.8 Å². The van der Waals surface area contributed by atoms with Crippen molar-refractivity contribution >= 4 is 42.2 Å². The molecule has 0 unspecified atom stereocenters. The lowest BCUT2D eigenvalue weighted by Crippen LogP contribution is -2.55. The largest absolute Gasteiger partial charge is 0.497 e. The first-order chi connectivity index (χ1) is 13.3. The van der Waals surface area contributed by atoms with Gasteiger partial charge in [-0.2, -0.15) is 24.4 Å². The molecule has 0 bridgehead atoms. The van der Waals surface area contributed by atoms with E-state index in [4.69, 9.17) is 10.5 Å². The average molecular weight is 430 g/mol. The molecule has 8 nitrogen and oxygen atoms in total. The summed E-state index contributed by atoms with van der Waals surface area (Å²) in [6.45, 7) is 1.51. The SMILES string of the molecule is COC(=O)[C@H](C)NC(=O)[C@H](CSCc1ccc(OC)cc1)NC(=O)[C@@H](N)CS. The van der Waals surface area contributed by atoms with Gasteiger partial charge in [0.15, 0.2) is 0 Å². The van der Waals surface area contributed by atoms with Gasteiger partial charge < -0.3 is 25.8 Å². The summed E-state index contributed by atoms with van der Waals surface area (Å²) in [5.74, 6) is 0.307. The zero-order valence-corrected chi connectivity index (χ0v) is 17.8. The monoisotopic (exact) mass is 429 g/mol. The molecule has 0 fully saturated rings. The maximum absolute atomic E-state index is 12.5. The number of thioether (sulfide) groups is 1. The smallest absolute Gasteiger partial charge is 0.328 e. The van der Waals surface area contributed by atoms with Crippen LogP contribution < -0.4 is 21.1 Å². The molecule has 1 rings (SSSR count). The summed E-state index contributed by atoms with van der Waals surface area (Å²) in [6, 6.07) is 5.04. The first-order valence-corrected chi connectivity index (χ1v) is 10.4. The Bertz CT molecular complexity index is 657. The van der Waals surface area contributed by atoms with Crippen LogP contribution in [0.15, 0.2) is 24.3 Å². The topological polar surface area (TPSA) is 120 Å². The Morgan fingerprint density at radius 3 is 2.32 bits per heavy atom. The summed E-state index contributed by atoms with van der Waals surface area (Å²) in [6.07, 6.45) is 0. The Labute approximate surface area is 174 Å². The van der Waals surface area contributed by atoms with Crippen LogP contribution in [0.1, 0.15) is 12.5 Å². The number of rotatable bonds is 11. The lowest BCUT2D eigenvalue weighted by molar-refractivity contribution is -0.144. The van der Waals surface area contributed by atoms with Crippen molar-refractivity contribution in [3.8, 4) is 5.75 Å². The van der Waals surface area contributed by atoms with E-state index < -0.39 is 35.9 Å². The number of carbonyl (C=O) groups excluding carboxylic acids is 3. The summed E-state index contributed by atoms with van der Waals surface area (Å²) in [5.41, 5.74) is 6.72. The lowest BCUT2D eigenvalue weighted by atomic mass is 10.2. The highest BCUT2D eigenvalue weighted by Gasteiger charge is 2.26. The molecule has 1 aromatic carbocycles. The molecule has 10 heteroatoms. The number of benzene rings is 1. The first kappa shape index (κ1) is 24.1. The molecule has 156 valence electrons. The normalized spacial score (nSPS) is 13.8. The predicted octanol–water partition coefficient (Wildman–Crippen LogP) is 0.348. The van der Waals surface area contributed by atoms with Gasteiger partial charge in [0, 0.05) is 17.3 Å². The van der Waals surface area contributed by atoms with Crippen LogP contribution >= 0.6 is 24.4 Å². The predicted molar refractivity (Wildman–Crippen MR) is 113 cm³/mol. The third-order valence-electron chi connectivity index (χ3n) is 3.79. The van der Waals surface area contributed by atoms with Gasteiger partial charge in [-0.1, -0.05) is 12.1 Å². The van der Waals surface area contributed by atoms with E-state index in [9.17, 15) is 14.4 Å². The molecule has 4 N–H and O–H groups in total. The maximum atomic E-state index is 12.5. The van der Waals surface area contributed by atoms with Crippen molar-refractivity contribution in [1.29, 1.82) is 0 Å². The minimum atomic E-state index is -0.853. The van der Waals surface area contributed by atoms with Crippen molar-refractivity contribution in [2.24, 2.45) is 5.73 Å². The van der Waals surface area contributed by atoms with E-state index in [1.54, 1.807) is 7.11 Å². The minimum absolute atomic E-state index is 0.151. The van der Waals surface area contributed by atoms with Gasteiger partial charge >= 0.3 is 5.97 Å². The number of thiol groups is 1. The molecule has 3 atom stereocenters. The molecule has 0 aliphatic rings. The Morgan fingerprint density at radius 2 is 1.79 bits per heavy atom. The molecule has 0 aliphatic heterocycles. The summed E-state index contributed by atoms with van der Waals surface area (Å²) < 4.78 is 9.72. The number of esters is 1. The third kappa shape index (κ3) is 7.99. The molecule has 0 heterocycles. The molecule has 1 aromatic rings. The van der Waals surface area contributed by atoms with Gasteiger partial charge in [-0.15, -0.1) is 0 Å². The molecule has 0 aliphatic carbocycles. The fourth-order valence-electron chi connectivity index (χ4n) is 2.11. The summed E-state index contributed by atoms with van der Waals surface area (Å²) in [4.78, 5) is 36.1. The zero-order valence-electron chi connectivity index (χ0n) is 16.1. The number of nitrogens with one attached hydrogen (secondary N) is 2. The van der Waals surface area contributed by atoms with Crippen LogP contribution in [-0.4, -0.2) is 61.6 Å². The molecule has 2 amide bonds. The second-order valence-electron chi connectivity index (χ2n) is 5.97. The lowest BCUT2D eigenvalue weighted by Gasteiger charge is -2.21. The first-order valence-electron chi connectivity index (χ1n) is 8.58. The van der Waals surface area contributed by atoms with Gasteiger partial charge in [0.2, 0.25) is 11.8 Å². The van der Waals surface area contributed by atoms with Gasteiger partial charge in [0.1, 0.15) is 17.8 Å².